The molecule has 0 spiro atoms. The monoisotopic (exact) mass is 398 g/mol. The first kappa shape index (κ1) is 17.9. The molecule has 3 heterocycles. The Morgan fingerprint density at radius 1 is 0.933 bits per heavy atom. The van der Waals surface area contributed by atoms with Gasteiger partial charge in [0.15, 0.2) is 11.5 Å². The van der Waals surface area contributed by atoms with Crippen LogP contribution in [0, 0.1) is 0 Å². The van der Waals surface area contributed by atoms with Crippen LogP contribution in [0.3, 0.4) is 0 Å². The van der Waals surface area contributed by atoms with Crippen molar-refractivity contribution in [3.8, 4) is 11.5 Å². The topological polar surface area (TPSA) is 85.4 Å². The number of hydrogen-bond donors (Lipinski definition) is 2. The van der Waals surface area contributed by atoms with E-state index in [2.05, 4.69) is 20.6 Å². The van der Waals surface area contributed by atoms with Crippen LogP contribution in [-0.2, 0) is 6.54 Å². The van der Waals surface area contributed by atoms with E-state index >= 15 is 0 Å². The number of nitrogens with one attached hydrogen (secondary N) is 2. The number of amides is 1. The smallest absolute Gasteiger partial charge is 0.274 e. The van der Waals surface area contributed by atoms with Gasteiger partial charge in [-0.2, -0.15) is 0 Å². The number of carbonyl (C=O) groups excluding carboxylic acids is 1. The number of hydrogen-bond acceptors (Lipinski definition) is 6. The molecule has 148 valence electrons. The van der Waals surface area contributed by atoms with Crippen molar-refractivity contribution in [2.45, 2.75) is 6.54 Å². The van der Waals surface area contributed by atoms with Gasteiger partial charge in [-0.25, -0.2) is 0 Å². The van der Waals surface area contributed by atoms with E-state index in [1.807, 2.05) is 54.6 Å². The molecule has 0 atom stereocenters. The number of nitrogens with zero attached hydrogens (tertiary/aromatic N) is 2. The lowest BCUT2D eigenvalue weighted by Crippen LogP contribution is -2.14. The number of fused-ring (bicyclic) bond motifs is 2. The highest BCUT2D eigenvalue weighted by molar-refractivity contribution is 6.07. The molecule has 7 heteroatoms. The van der Waals surface area contributed by atoms with E-state index < -0.39 is 0 Å². The van der Waals surface area contributed by atoms with Crippen LogP contribution in [0.4, 0.5) is 11.4 Å². The molecule has 0 radical (unpaired) electrons. The summed E-state index contributed by atoms with van der Waals surface area (Å²) >= 11 is 0. The fraction of sp³-hybridized carbons (Fsp3) is 0.0870. The summed E-state index contributed by atoms with van der Waals surface area (Å²) in [6, 6.07) is 18.8. The standard InChI is InChI=1S/C23H18N4O3/c28-23(27-18-5-1-3-16-4-2-9-25-22(16)18)19-12-17(8-10-24-19)26-13-15-6-7-20-21(11-15)30-14-29-20/h1-12H,13-14H2,(H,24,26)(H,27,28). The molecule has 1 aliphatic heterocycles. The van der Waals surface area contributed by atoms with Crippen LogP contribution in [0.25, 0.3) is 10.9 Å². The van der Waals surface area contributed by atoms with E-state index in [1.165, 1.54) is 0 Å². The average molecular weight is 398 g/mol. The van der Waals surface area contributed by atoms with Crippen LogP contribution < -0.4 is 20.1 Å². The van der Waals surface area contributed by atoms with Crippen molar-refractivity contribution in [3.63, 3.8) is 0 Å². The Hall–Kier alpha value is -4.13. The highest BCUT2D eigenvalue weighted by atomic mass is 16.7. The lowest BCUT2D eigenvalue weighted by molar-refractivity contribution is 0.102. The zero-order valence-corrected chi connectivity index (χ0v) is 16.0. The SMILES string of the molecule is O=C(Nc1cccc2cccnc12)c1cc(NCc2ccc3c(c2)OCO3)ccn1. The number of ether oxygens (including phenoxy) is 2. The third-order valence-corrected chi connectivity index (χ3v) is 4.81. The van der Waals surface area contributed by atoms with Crippen LogP contribution in [0.15, 0.2) is 73.1 Å². The maximum atomic E-state index is 12.8. The Kier molecular flexibility index (Phi) is 4.61. The largest absolute Gasteiger partial charge is 0.454 e. The van der Waals surface area contributed by atoms with Gasteiger partial charge in [0, 0.05) is 30.0 Å². The number of carbonyl (C=O) groups is 1. The molecule has 0 fully saturated rings. The first-order valence-corrected chi connectivity index (χ1v) is 9.50. The summed E-state index contributed by atoms with van der Waals surface area (Å²) in [4.78, 5) is 21.3. The minimum absolute atomic E-state index is 0.251. The normalized spacial score (nSPS) is 12.0. The molecule has 0 unspecified atom stereocenters. The molecule has 7 nitrogen and oxygen atoms in total. The van der Waals surface area contributed by atoms with Gasteiger partial charge in [0.2, 0.25) is 6.79 Å². The van der Waals surface area contributed by atoms with Gasteiger partial charge < -0.3 is 20.1 Å². The number of aromatic nitrogens is 2. The van der Waals surface area contributed by atoms with E-state index in [1.54, 1.807) is 18.5 Å². The summed E-state index contributed by atoms with van der Waals surface area (Å²) in [5.74, 6) is 1.21. The summed E-state index contributed by atoms with van der Waals surface area (Å²) in [5.41, 5.74) is 3.55. The second-order valence-electron chi connectivity index (χ2n) is 6.81. The van der Waals surface area contributed by atoms with Crippen molar-refractivity contribution >= 4 is 28.2 Å². The van der Waals surface area contributed by atoms with Crippen molar-refractivity contribution in [2.24, 2.45) is 0 Å². The van der Waals surface area contributed by atoms with Crippen LogP contribution in [-0.4, -0.2) is 22.7 Å². The molecule has 1 aliphatic rings. The van der Waals surface area contributed by atoms with Crippen LogP contribution in [0.2, 0.25) is 0 Å². The molecule has 2 aromatic heterocycles. The number of para-hydroxylation sites is 1. The molecular formula is C23H18N4O3. The van der Waals surface area contributed by atoms with Gasteiger partial charge in [-0.15, -0.1) is 0 Å². The fourth-order valence-electron chi connectivity index (χ4n) is 3.31. The zero-order chi connectivity index (χ0) is 20.3. The Labute approximate surface area is 172 Å². The second kappa shape index (κ2) is 7.71. The Morgan fingerprint density at radius 2 is 1.83 bits per heavy atom. The third kappa shape index (κ3) is 3.60. The Bertz CT molecular complexity index is 1240. The molecule has 1 amide bonds. The number of rotatable bonds is 5. The summed E-state index contributed by atoms with van der Waals surface area (Å²) in [7, 11) is 0. The summed E-state index contributed by atoms with van der Waals surface area (Å²) < 4.78 is 10.7. The van der Waals surface area contributed by atoms with E-state index in [9.17, 15) is 4.79 Å². The Balaban J connectivity index is 1.30. The lowest BCUT2D eigenvalue weighted by Gasteiger charge is -2.10. The van der Waals surface area contributed by atoms with Gasteiger partial charge in [0.1, 0.15) is 5.69 Å². The minimum atomic E-state index is -0.292. The maximum absolute atomic E-state index is 12.8. The van der Waals surface area contributed by atoms with Crippen molar-refractivity contribution in [1.82, 2.24) is 9.97 Å². The van der Waals surface area contributed by atoms with Gasteiger partial charge in [-0.3, -0.25) is 14.8 Å². The summed E-state index contributed by atoms with van der Waals surface area (Å²) in [6.07, 6.45) is 3.31. The van der Waals surface area contributed by atoms with Crippen molar-refractivity contribution in [2.75, 3.05) is 17.4 Å². The quantitative estimate of drug-likeness (QED) is 0.524. The van der Waals surface area contributed by atoms with Gasteiger partial charge in [-0.05, 0) is 42.0 Å². The van der Waals surface area contributed by atoms with E-state index in [0.29, 0.717) is 17.9 Å². The molecule has 0 aliphatic carbocycles. The van der Waals surface area contributed by atoms with Crippen LogP contribution in [0.5, 0.6) is 11.5 Å². The minimum Gasteiger partial charge on any atom is -0.454 e. The molecule has 30 heavy (non-hydrogen) atoms. The molecule has 2 aromatic carbocycles. The van der Waals surface area contributed by atoms with Crippen molar-refractivity contribution in [3.05, 3.63) is 84.3 Å². The number of anilines is 2. The predicted octanol–water partition coefficient (Wildman–Crippen LogP) is 4.22. The summed E-state index contributed by atoms with van der Waals surface area (Å²) in [6.45, 7) is 0.830. The average Bonchev–Trinajstić information content (AvgIpc) is 3.26. The van der Waals surface area contributed by atoms with E-state index in [-0.39, 0.29) is 12.7 Å². The molecule has 0 saturated heterocycles. The number of benzene rings is 2. The van der Waals surface area contributed by atoms with Gasteiger partial charge >= 0.3 is 0 Å². The third-order valence-electron chi connectivity index (χ3n) is 4.81. The highest BCUT2D eigenvalue weighted by Gasteiger charge is 2.14. The zero-order valence-electron chi connectivity index (χ0n) is 16.0. The van der Waals surface area contributed by atoms with E-state index in [0.717, 1.165) is 33.7 Å². The maximum Gasteiger partial charge on any atom is 0.274 e. The second-order valence-corrected chi connectivity index (χ2v) is 6.81. The molecule has 0 saturated carbocycles. The molecule has 4 aromatic rings. The summed E-state index contributed by atoms with van der Waals surface area (Å²) in [5, 5.41) is 7.18. The molecule has 2 N–H and O–H groups in total. The van der Waals surface area contributed by atoms with E-state index in [4.69, 9.17) is 9.47 Å². The highest BCUT2D eigenvalue weighted by Crippen LogP contribution is 2.32. The van der Waals surface area contributed by atoms with Crippen LogP contribution in [0.1, 0.15) is 16.1 Å². The molecule has 0 bridgehead atoms. The lowest BCUT2D eigenvalue weighted by atomic mass is 10.2. The Morgan fingerprint density at radius 3 is 2.80 bits per heavy atom. The van der Waals surface area contributed by atoms with Gasteiger partial charge in [0.25, 0.3) is 5.91 Å². The fourth-order valence-corrected chi connectivity index (χ4v) is 3.31. The first-order chi connectivity index (χ1) is 14.8. The van der Waals surface area contributed by atoms with Crippen LogP contribution >= 0.6 is 0 Å². The predicted molar refractivity (Wildman–Crippen MR) is 114 cm³/mol. The van der Waals surface area contributed by atoms with Gasteiger partial charge in [0.05, 0.1) is 11.2 Å². The van der Waals surface area contributed by atoms with Gasteiger partial charge in [-0.1, -0.05) is 24.3 Å². The number of pyridine rings is 2. The first-order valence-electron chi connectivity index (χ1n) is 9.50. The van der Waals surface area contributed by atoms with Crippen molar-refractivity contribution in [1.29, 1.82) is 0 Å². The molecular weight excluding hydrogens is 380 g/mol. The van der Waals surface area contributed by atoms with Crippen molar-refractivity contribution < 1.29 is 14.3 Å². The molecule has 5 rings (SSSR count).